The van der Waals surface area contributed by atoms with Gasteiger partial charge < -0.3 is 18.7 Å². The van der Waals surface area contributed by atoms with E-state index < -0.39 is 0 Å². The molecule has 0 saturated carbocycles. The fourth-order valence-corrected chi connectivity index (χ4v) is 4.26. The summed E-state index contributed by atoms with van der Waals surface area (Å²) in [6.07, 6.45) is -0.0863. The first-order valence-corrected chi connectivity index (χ1v) is 12.3. The zero-order valence-electron chi connectivity index (χ0n) is 20.4. The number of rotatable bonds is 8. The van der Waals surface area contributed by atoms with Crippen LogP contribution in [0.25, 0.3) is 23.0 Å². The van der Waals surface area contributed by atoms with Crippen molar-refractivity contribution in [1.29, 1.82) is 0 Å². The van der Waals surface area contributed by atoms with Gasteiger partial charge in [0, 0.05) is 5.56 Å². The van der Waals surface area contributed by atoms with Crippen LogP contribution in [0.3, 0.4) is 0 Å². The van der Waals surface area contributed by atoms with Crippen LogP contribution in [0.4, 0.5) is 0 Å². The zero-order valence-corrected chi connectivity index (χ0v) is 20.4. The van der Waals surface area contributed by atoms with Crippen molar-refractivity contribution in [2.45, 2.75) is 32.8 Å². The Labute approximate surface area is 214 Å². The first kappa shape index (κ1) is 23.0. The zero-order chi connectivity index (χ0) is 25.0. The fraction of sp³-hybridized carbons (Fsp3) is 0.207. The topological polar surface area (TPSA) is 84.4 Å². The minimum atomic E-state index is -0.0863. The van der Waals surface area contributed by atoms with Crippen LogP contribution < -0.4 is 9.47 Å². The average Bonchev–Trinajstić information content (AvgIpc) is 3.61. The van der Waals surface area contributed by atoms with Gasteiger partial charge in [-0.05, 0) is 60.5 Å². The van der Waals surface area contributed by atoms with Crippen LogP contribution in [0.5, 0.6) is 11.5 Å². The van der Waals surface area contributed by atoms with Crippen molar-refractivity contribution in [2.24, 2.45) is 0 Å². The van der Waals surface area contributed by atoms with Crippen LogP contribution in [0.1, 0.15) is 29.8 Å². The van der Waals surface area contributed by atoms with Crippen LogP contribution >= 0.6 is 0 Å². The maximum atomic E-state index is 6.09. The number of hydrogen-bond acceptors (Lipinski definition) is 7. The van der Waals surface area contributed by atoms with Crippen molar-refractivity contribution in [2.75, 3.05) is 6.61 Å². The number of aromatic nitrogens is 4. The lowest BCUT2D eigenvalue weighted by atomic mass is 10.1. The first-order chi connectivity index (χ1) is 18.2. The summed E-state index contributed by atoms with van der Waals surface area (Å²) < 4.78 is 25.0. The SMILES string of the molecule is CCOc1ccc([C@@H]2Cn3nc(-c4nc(-c5ccc(OCc6ccccc6)cc5)no4)cc3CO2)cc1. The molecule has 0 fully saturated rings. The van der Waals surface area contributed by atoms with Crippen LogP contribution in [0, 0.1) is 0 Å². The smallest absolute Gasteiger partial charge is 0.278 e. The van der Waals surface area contributed by atoms with E-state index in [1.807, 2.05) is 96.5 Å². The second-order valence-electron chi connectivity index (χ2n) is 8.73. The molecule has 8 nitrogen and oxygen atoms in total. The maximum Gasteiger partial charge on any atom is 0.278 e. The minimum absolute atomic E-state index is 0.0863. The number of fused-ring (bicyclic) bond motifs is 1. The van der Waals surface area contributed by atoms with Gasteiger partial charge in [-0.1, -0.05) is 47.6 Å². The molecule has 3 aromatic carbocycles. The van der Waals surface area contributed by atoms with Gasteiger partial charge in [0.05, 0.1) is 25.5 Å². The molecule has 0 saturated heterocycles. The third-order valence-corrected chi connectivity index (χ3v) is 6.20. The molecule has 3 heterocycles. The van der Waals surface area contributed by atoms with E-state index >= 15 is 0 Å². The molecule has 1 aliphatic heterocycles. The van der Waals surface area contributed by atoms with Crippen LogP contribution in [0.2, 0.25) is 0 Å². The van der Waals surface area contributed by atoms with Gasteiger partial charge in [0.1, 0.15) is 24.2 Å². The lowest BCUT2D eigenvalue weighted by Crippen LogP contribution is -2.21. The summed E-state index contributed by atoms with van der Waals surface area (Å²) in [7, 11) is 0. The van der Waals surface area contributed by atoms with E-state index in [1.54, 1.807) is 0 Å². The fourth-order valence-electron chi connectivity index (χ4n) is 4.26. The largest absolute Gasteiger partial charge is 0.494 e. The molecule has 186 valence electrons. The van der Waals surface area contributed by atoms with Gasteiger partial charge in [-0.15, -0.1) is 0 Å². The first-order valence-electron chi connectivity index (χ1n) is 12.3. The summed E-state index contributed by atoms with van der Waals surface area (Å²) in [5.74, 6) is 2.50. The highest BCUT2D eigenvalue weighted by Gasteiger charge is 2.24. The second-order valence-corrected chi connectivity index (χ2v) is 8.73. The second kappa shape index (κ2) is 10.3. The Morgan fingerprint density at radius 2 is 1.68 bits per heavy atom. The Balaban J connectivity index is 1.12. The van der Waals surface area contributed by atoms with Crippen molar-refractivity contribution in [3.05, 3.63) is 102 Å². The molecule has 0 bridgehead atoms. The van der Waals surface area contributed by atoms with Crippen LogP contribution in [-0.2, 0) is 24.5 Å². The molecular weight excluding hydrogens is 468 g/mol. The van der Waals surface area contributed by atoms with Crippen molar-refractivity contribution < 1.29 is 18.7 Å². The van der Waals surface area contributed by atoms with E-state index in [2.05, 4.69) is 10.1 Å². The Bertz CT molecular complexity index is 1460. The highest BCUT2D eigenvalue weighted by Crippen LogP contribution is 2.30. The highest BCUT2D eigenvalue weighted by molar-refractivity contribution is 5.59. The summed E-state index contributed by atoms with van der Waals surface area (Å²) in [6, 6.07) is 27.7. The number of nitrogens with zero attached hydrogens (tertiary/aromatic N) is 4. The molecule has 5 aromatic rings. The predicted octanol–water partition coefficient (Wildman–Crippen LogP) is 5.85. The number of benzene rings is 3. The molecule has 37 heavy (non-hydrogen) atoms. The van der Waals surface area contributed by atoms with E-state index in [-0.39, 0.29) is 6.10 Å². The van der Waals surface area contributed by atoms with Gasteiger partial charge in [0.2, 0.25) is 5.82 Å². The maximum absolute atomic E-state index is 6.09. The third kappa shape index (κ3) is 5.10. The predicted molar refractivity (Wildman–Crippen MR) is 137 cm³/mol. The van der Waals surface area contributed by atoms with Gasteiger partial charge >= 0.3 is 0 Å². The highest BCUT2D eigenvalue weighted by atomic mass is 16.5. The molecule has 1 atom stereocenters. The third-order valence-electron chi connectivity index (χ3n) is 6.20. The van der Waals surface area contributed by atoms with Gasteiger partial charge in [0.15, 0.2) is 5.69 Å². The molecule has 0 unspecified atom stereocenters. The van der Waals surface area contributed by atoms with Gasteiger partial charge in [0.25, 0.3) is 5.89 Å². The van der Waals surface area contributed by atoms with E-state index in [4.69, 9.17) is 23.8 Å². The lowest BCUT2D eigenvalue weighted by Gasteiger charge is -2.24. The monoisotopic (exact) mass is 494 g/mol. The Kier molecular flexibility index (Phi) is 6.39. The quantitative estimate of drug-likeness (QED) is 0.268. The van der Waals surface area contributed by atoms with Crippen LogP contribution in [-0.4, -0.2) is 26.5 Å². The van der Waals surface area contributed by atoms with Crippen LogP contribution in [0.15, 0.2) is 89.5 Å². The van der Waals surface area contributed by atoms with Crippen molar-refractivity contribution in [3.63, 3.8) is 0 Å². The Hall–Kier alpha value is -4.43. The molecule has 0 aliphatic carbocycles. The summed E-state index contributed by atoms with van der Waals surface area (Å²) in [5, 5.41) is 8.87. The van der Waals surface area contributed by atoms with Gasteiger partial charge in [-0.25, -0.2) is 0 Å². The van der Waals surface area contributed by atoms with E-state index in [0.717, 1.165) is 33.9 Å². The summed E-state index contributed by atoms with van der Waals surface area (Å²) in [5.41, 5.74) is 4.64. The molecule has 0 amide bonds. The van der Waals surface area contributed by atoms with Gasteiger partial charge in [-0.3, -0.25) is 4.68 Å². The summed E-state index contributed by atoms with van der Waals surface area (Å²) in [4.78, 5) is 4.57. The molecule has 0 N–H and O–H groups in total. The lowest BCUT2D eigenvalue weighted by molar-refractivity contribution is -0.00115. The standard InChI is InChI=1S/C29H26N4O4/c1-2-34-24-12-8-21(9-13-24)27-17-33-23(19-36-27)16-26(31-33)29-30-28(32-37-29)22-10-14-25(15-11-22)35-18-20-6-4-3-5-7-20/h3-16,27H,2,17-19H2,1H3/t27-/m0/s1. The number of ether oxygens (including phenoxy) is 3. The normalized spacial score (nSPS) is 14.8. The average molecular weight is 495 g/mol. The summed E-state index contributed by atoms with van der Waals surface area (Å²) >= 11 is 0. The Morgan fingerprint density at radius 3 is 2.46 bits per heavy atom. The molecule has 0 spiro atoms. The molecule has 8 heteroatoms. The molecule has 6 rings (SSSR count). The Morgan fingerprint density at radius 1 is 0.919 bits per heavy atom. The minimum Gasteiger partial charge on any atom is -0.494 e. The van der Waals surface area contributed by atoms with Crippen molar-refractivity contribution in [3.8, 4) is 34.5 Å². The van der Waals surface area contributed by atoms with E-state index in [0.29, 0.717) is 43.8 Å². The molecular formula is C29H26N4O4. The van der Waals surface area contributed by atoms with E-state index in [1.165, 1.54) is 0 Å². The molecule has 2 aromatic heterocycles. The summed E-state index contributed by atoms with van der Waals surface area (Å²) in [6.45, 7) is 4.19. The van der Waals surface area contributed by atoms with Crippen molar-refractivity contribution >= 4 is 0 Å². The number of hydrogen-bond donors (Lipinski definition) is 0. The molecule has 1 aliphatic rings. The van der Waals surface area contributed by atoms with Gasteiger partial charge in [-0.2, -0.15) is 10.1 Å². The van der Waals surface area contributed by atoms with E-state index in [9.17, 15) is 0 Å². The van der Waals surface area contributed by atoms with Crippen molar-refractivity contribution in [1.82, 2.24) is 19.9 Å². The molecule has 0 radical (unpaired) electrons.